The van der Waals surface area contributed by atoms with Crippen molar-refractivity contribution in [3.05, 3.63) is 0 Å². The monoisotopic (exact) mass is 289 g/mol. The van der Waals surface area contributed by atoms with Crippen molar-refractivity contribution in [2.45, 2.75) is 115 Å². The van der Waals surface area contributed by atoms with Gasteiger partial charge in [0.05, 0.1) is 6.07 Å². The number of nitriles is 1. The molecule has 0 heterocycles. The SMILES string of the molecule is CCCCCCCC(BC1(C#N)CC1)CCCCCCC. The molecule has 1 saturated carbocycles. The maximum atomic E-state index is 9.34. The zero-order chi connectivity index (χ0) is 15.4. The number of nitrogens with zero attached hydrogens (tertiary/aromatic N) is 1. The summed E-state index contributed by atoms with van der Waals surface area (Å²) in [6.07, 6.45) is 18.9. The highest BCUT2D eigenvalue weighted by Crippen LogP contribution is 2.54. The third-order valence-corrected chi connectivity index (χ3v) is 5.20. The second-order valence-corrected chi connectivity index (χ2v) is 7.37. The normalized spacial score (nSPS) is 15.9. The Bertz CT molecular complexity index is 276. The van der Waals surface area contributed by atoms with E-state index >= 15 is 0 Å². The summed E-state index contributed by atoms with van der Waals surface area (Å²) in [4.78, 5) is 0. The van der Waals surface area contributed by atoms with Crippen LogP contribution in [-0.4, -0.2) is 7.28 Å². The quantitative estimate of drug-likeness (QED) is 0.268. The van der Waals surface area contributed by atoms with Gasteiger partial charge in [-0.25, -0.2) is 0 Å². The molecule has 21 heavy (non-hydrogen) atoms. The molecule has 0 aromatic heterocycles. The molecule has 0 atom stereocenters. The highest BCUT2D eigenvalue weighted by Gasteiger charge is 2.44. The Hall–Kier alpha value is -0.445. The van der Waals surface area contributed by atoms with Crippen molar-refractivity contribution in [3.8, 4) is 6.07 Å². The smallest absolute Gasteiger partial charge is 0.149 e. The van der Waals surface area contributed by atoms with Crippen molar-refractivity contribution in [1.29, 1.82) is 5.26 Å². The van der Waals surface area contributed by atoms with E-state index in [1.807, 2.05) is 0 Å². The number of unbranched alkanes of at least 4 members (excludes halogenated alkanes) is 8. The first kappa shape index (κ1) is 18.6. The average molecular weight is 289 g/mol. The van der Waals surface area contributed by atoms with Crippen LogP contribution in [-0.2, 0) is 0 Å². The number of hydrogen-bond acceptors (Lipinski definition) is 1. The molecule has 1 aliphatic carbocycles. The highest BCUT2D eigenvalue weighted by molar-refractivity contribution is 6.44. The van der Waals surface area contributed by atoms with Crippen LogP contribution >= 0.6 is 0 Å². The van der Waals surface area contributed by atoms with Crippen LogP contribution in [0.25, 0.3) is 0 Å². The van der Waals surface area contributed by atoms with E-state index in [-0.39, 0.29) is 5.31 Å². The predicted molar refractivity (Wildman–Crippen MR) is 95.2 cm³/mol. The molecule has 1 aliphatic rings. The maximum absolute atomic E-state index is 9.34. The summed E-state index contributed by atoms with van der Waals surface area (Å²) in [5.74, 6) is 0.829. The predicted octanol–water partition coefficient (Wildman–Crippen LogP) is 6.41. The average Bonchev–Trinajstić information content (AvgIpc) is 3.26. The lowest BCUT2D eigenvalue weighted by molar-refractivity contribution is 0.537. The molecule has 0 aromatic carbocycles. The summed E-state index contributed by atoms with van der Waals surface area (Å²) < 4.78 is 0. The third kappa shape index (κ3) is 8.55. The van der Waals surface area contributed by atoms with Crippen molar-refractivity contribution in [2.24, 2.45) is 0 Å². The van der Waals surface area contributed by atoms with Gasteiger partial charge in [-0.2, -0.15) is 5.26 Å². The van der Waals surface area contributed by atoms with Crippen LogP contribution in [0.15, 0.2) is 0 Å². The lowest BCUT2D eigenvalue weighted by Crippen LogP contribution is -2.11. The van der Waals surface area contributed by atoms with E-state index in [0.29, 0.717) is 0 Å². The van der Waals surface area contributed by atoms with Crippen LogP contribution in [0, 0.1) is 11.3 Å². The molecule has 1 nitrogen and oxygen atoms in total. The van der Waals surface area contributed by atoms with E-state index in [0.717, 1.165) is 5.82 Å². The molecule has 0 bridgehead atoms. The fraction of sp³-hybridized carbons (Fsp3) is 0.947. The van der Waals surface area contributed by atoms with E-state index < -0.39 is 0 Å². The van der Waals surface area contributed by atoms with Crippen LogP contribution in [0.1, 0.15) is 104 Å². The van der Waals surface area contributed by atoms with Gasteiger partial charge in [-0.3, -0.25) is 0 Å². The van der Waals surface area contributed by atoms with E-state index in [9.17, 15) is 5.26 Å². The minimum absolute atomic E-state index is 0.109. The second-order valence-electron chi connectivity index (χ2n) is 7.37. The first-order valence-electron chi connectivity index (χ1n) is 9.67. The summed E-state index contributed by atoms with van der Waals surface area (Å²) >= 11 is 0. The molecule has 0 spiro atoms. The summed E-state index contributed by atoms with van der Waals surface area (Å²) in [6, 6.07) is 2.60. The molecule has 120 valence electrons. The molecule has 1 rings (SSSR count). The Labute approximate surface area is 134 Å². The van der Waals surface area contributed by atoms with Gasteiger partial charge in [0.1, 0.15) is 7.28 Å². The van der Waals surface area contributed by atoms with Gasteiger partial charge in [0.15, 0.2) is 0 Å². The summed E-state index contributed by atoms with van der Waals surface area (Å²) in [7, 11) is 1.20. The molecule has 0 saturated heterocycles. The molecule has 0 radical (unpaired) electrons. The topological polar surface area (TPSA) is 23.8 Å². The summed E-state index contributed by atoms with van der Waals surface area (Å²) in [6.45, 7) is 4.56. The van der Waals surface area contributed by atoms with Crippen molar-refractivity contribution in [3.63, 3.8) is 0 Å². The Balaban J connectivity index is 2.20. The third-order valence-electron chi connectivity index (χ3n) is 5.20. The molecule has 1 fully saturated rings. The summed E-state index contributed by atoms with van der Waals surface area (Å²) in [5, 5.41) is 9.45. The van der Waals surface area contributed by atoms with Crippen molar-refractivity contribution in [1.82, 2.24) is 0 Å². The van der Waals surface area contributed by atoms with Gasteiger partial charge in [-0.1, -0.05) is 96.7 Å². The lowest BCUT2D eigenvalue weighted by Gasteiger charge is -2.18. The molecular formula is C19H36BN. The fourth-order valence-corrected chi connectivity index (χ4v) is 3.49. The Morgan fingerprint density at radius 3 is 1.71 bits per heavy atom. The van der Waals surface area contributed by atoms with Crippen LogP contribution in [0.4, 0.5) is 0 Å². The highest BCUT2D eigenvalue weighted by atomic mass is 14.4. The largest absolute Gasteiger partial charge is 0.199 e. The van der Waals surface area contributed by atoms with Crippen LogP contribution in [0.2, 0.25) is 11.1 Å². The Morgan fingerprint density at radius 1 is 0.857 bits per heavy atom. The Kier molecular flexibility index (Phi) is 9.89. The van der Waals surface area contributed by atoms with Crippen LogP contribution in [0.5, 0.6) is 0 Å². The van der Waals surface area contributed by atoms with Gasteiger partial charge in [-0.15, -0.1) is 0 Å². The van der Waals surface area contributed by atoms with Gasteiger partial charge in [0.2, 0.25) is 0 Å². The Morgan fingerprint density at radius 2 is 1.33 bits per heavy atom. The van der Waals surface area contributed by atoms with E-state index in [4.69, 9.17) is 0 Å². The molecule has 0 unspecified atom stereocenters. The van der Waals surface area contributed by atoms with Crippen molar-refractivity contribution in [2.75, 3.05) is 0 Å². The van der Waals surface area contributed by atoms with Gasteiger partial charge >= 0.3 is 0 Å². The molecule has 2 heteroatoms. The number of hydrogen-bond donors (Lipinski definition) is 0. The molecule has 0 N–H and O–H groups in total. The molecule has 0 amide bonds. The van der Waals surface area contributed by atoms with Crippen LogP contribution < -0.4 is 0 Å². The first-order chi connectivity index (χ1) is 10.3. The van der Waals surface area contributed by atoms with Crippen LogP contribution in [0.3, 0.4) is 0 Å². The van der Waals surface area contributed by atoms with E-state index in [1.54, 1.807) is 0 Å². The van der Waals surface area contributed by atoms with Gasteiger partial charge in [-0.05, 0) is 12.8 Å². The second kappa shape index (κ2) is 11.2. The maximum Gasteiger partial charge on any atom is 0.149 e. The molecule has 0 aliphatic heterocycles. The summed E-state index contributed by atoms with van der Waals surface area (Å²) in [5.41, 5.74) is 0. The molecular weight excluding hydrogens is 253 g/mol. The van der Waals surface area contributed by atoms with Crippen molar-refractivity contribution < 1.29 is 0 Å². The fourth-order valence-electron chi connectivity index (χ4n) is 3.49. The lowest BCUT2D eigenvalue weighted by atomic mass is 9.50. The van der Waals surface area contributed by atoms with Crippen molar-refractivity contribution >= 4 is 7.28 Å². The zero-order valence-corrected chi connectivity index (χ0v) is 14.6. The van der Waals surface area contributed by atoms with E-state index in [2.05, 4.69) is 19.9 Å². The first-order valence-corrected chi connectivity index (χ1v) is 9.67. The zero-order valence-electron chi connectivity index (χ0n) is 14.6. The van der Waals surface area contributed by atoms with E-state index in [1.165, 1.54) is 97.2 Å². The van der Waals surface area contributed by atoms with Gasteiger partial charge in [0, 0.05) is 5.31 Å². The van der Waals surface area contributed by atoms with Gasteiger partial charge < -0.3 is 0 Å². The number of rotatable bonds is 14. The standard InChI is InChI=1S/C19H36BN/c1-3-5-7-9-11-13-18(14-12-10-8-6-4-2)20-19(17-21)15-16-19/h18,20H,3-16H2,1-2H3. The minimum Gasteiger partial charge on any atom is -0.199 e. The molecule has 0 aromatic rings. The minimum atomic E-state index is 0.109. The van der Waals surface area contributed by atoms with Gasteiger partial charge in [0.25, 0.3) is 0 Å².